The van der Waals surface area contributed by atoms with E-state index >= 15 is 0 Å². The zero-order chi connectivity index (χ0) is 14.9. The molecule has 2 fully saturated rings. The van der Waals surface area contributed by atoms with Crippen LogP contribution < -0.4 is 0 Å². The Morgan fingerprint density at radius 2 is 2.10 bits per heavy atom. The third kappa shape index (κ3) is 2.45. The van der Waals surface area contributed by atoms with E-state index < -0.39 is 0 Å². The highest BCUT2D eigenvalue weighted by molar-refractivity contribution is 5.94. The number of aliphatic hydroxyl groups is 1. The summed E-state index contributed by atoms with van der Waals surface area (Å²) in [6.07, 6.45) is 5.50. The van der Waals surface area contributed by atoms with E-state index in [1.165, 1.54) is 0 Å². The number of aliphatic hydroxyl groups excluding tert-OH is 1. The van der Waals surface area contributed by atoms with E-state index in [0.717, 1.165) is 19.3 Å². The van der Waals surface area contributed by atoms with Gasteiger partial charge < -0.3 is 14.7 Å². The SMILES string of the molecule is CCO[C@H]1C[C@@H](O)C12CCN(C(=O)c1ccncc1)CC2. The molecular formula is C16H22N2O3. The van der Waals surface area contributed by atoms with Gasteiger partial charge in [0.05, 0.1) is 12.2 Å². The second-order valence-electron chi connectivity index (χ2n) is 5.96. The first-order chi connectivity index (χ1) is 10.2. The van der Waals surface area contributed by atoms with Gasteiger partial charge in [-0.1, -0.05) is 0 Å². The summed E-state index contributed by atoms with van der Waals surface area (Å²) in [4.78, 5) is 18.2. The van der Waals surface area contributed by atoms with Gasteiger partial charge in [-0.05, 0) is 31.9 Å². The Balaban J connectivity index is 1.64. The van der Waals surface area contributed by atoms with Crippen LogP contribution >= 0.6 is 0 Å². The zero-order valence-corrected chi connectivity index (χ0v) is 12.4. The van der Waals surface area contributed by atoms with Gasteiger partial charge in [0.2, 0.25) is 0 Å². The van der Waals surface area contributed by atoms with Crippen LogP contribution in [0.2, 0.25) is 0 Å². The number of aromatic nitrogens is 1. The van der Waals surface area contributed by atoms with Crippen molar-refractivity contribution in [2.24, 2.45) is 5.41 Å². The molecule has 1 N–H and O–H groups in total. The minimum Gasteiger partial charge on any atom is -0.392 e. The van der Waals surface area contributed by atoms with Gasteiger partial charge in [0.15, 0.2) is 0 Å². The Kier molecular flexibility index (Phi) is 3.95. The van der Waals surface area contributed by atoms with E-state index in [0.29, 0.717) is 25.3 Å². The first kappa shape index (κ1) is 14.5. The summed E-state index contributed by atoms with van der Waals surface area (Å²) < 4.78 is 5.75. The molecular weight excluding hydrogens is 268 g/mol. The molecule has 2 aliphatic rings. The molecule has 2 atom stereocenters. The molecule has 114 valence electrons. The van der Waals surface area contributed by atoms with Crippen LogP contribution in [-0.2, 0) is 4.74 Å². The van der Waals surface area contributed by atoms with Crippen molar-refractivity contribution in [3.8, 4) is 0 Å². The smallest absolute Gasteiger partial charge is 0.253 e. The van der Waals surface area contributed by atoms with Gasteiger partial charge in [-0.25, -0.2) is 0 Å². The highest BCUT2D eigenvalue weighted by Crippen LogP contribution is 2.51. The van der Waals surface area contributed by atoms with Crippen molar-refractivity contribution in [1.29, 1.82) is 0 Å². The first-order valence-corrected chi connectivity index (χ1v) is 7.66. The number of pyridine rings is 1. The highest BCUT2D eigenvalue weighted by atomic mass is 16.5. The Bertz CT molecular complexity index is 496. The summed E-state index contributed by atoms with van der Waals surface area (Å²) in [5.74, 6) is 0.0500. The van der Waals surface area contributed by atoms with E-state index in [2.05, 4.69) is 4.98 Å². The Morgan fingerprint density at radius 3 is 2.67 bits per heavy atom. The number of nitrogens with zero attached hydrogens (tertiary/aromatic N) is 2. The van der Waals surface area contributed by atoms with Crippen molar-refractivity contribution in [1.82, 2.24) is 9.88 Å². The Labute approximate surface area is 124 Å². The lowest BCUT2D eigenvalue weighted by Crippen LogP contribution is -2.62. The fraction of sp³-hybridized carbons (Fsp3) is 0.625. The maximum Gasteiger partial charge on any atom is 0.253 e. The highest BCUT2D eigenvalue weighted by Gasteiger charge is 2.56. The number of hydrogen-bond donors (Lipinski definition) is 1. The number of carbonyl (C=O) groups excluding carboxylic acids is 1. The summed E-state index contributed by atoms with van der Waals surface area (Å²) in [6, 6.07) is 3.49. The number of carbonyl (C=O) groups is 1. The fourth-order valence-corrected chi connectivity index (χ4v) is 3.62. The molecule has 1 spiro atoms. The van der Waals surface area contributed by atoms with Gasteiger partial charge >= 0.3 is 0 Å². The molecule has 3 rings (SSSR count). The summed E-state index contributed by atoms with van der Waals surface area (Å²) >= 11 is 0. The second-order valence-corrected chi connectivity index (χ2v) is 5.96. The predicted molar refractivity (Wildman–Crippen MR) is 77.8 cm³/mol. The van der Waals surface area contributed by atoms with Crippen LogP contribution in [0.15, 0.2) is 24.5 Å². The molecule has 21 heavy (non-hydrogen) atoms. The van der Waals surface area contributed by atoms with Gasteiger partial charge in [-0.3, -0.25) is 9.78 Å². The average molecular weight is 290 g/mol. The van der Waals surface area contributed by atoms with Crippen LogP contribution in [0.5, 0.6) is 0 Å². The minimum absolute atomic E-state index is 0.0500. The topological polar surface area (TPSA) is 62.7 Å². The summed E-state index contributed by atoms with van der Waals surface area (Å²) in [7, 11) is 0. The lowest BCUT2D eigenvalue weighted by atomic mass is 9.58. The predicted octanol–water partition coefficient (Wildman–Crippen LogP) is 1.47. The molecule has 0 radical (unpaired) electrons. The number of amides is 1. The second kappa shape index (κ2) is 5.73. The number of likely N-dealkylation sites (tertiary alicyclic amines) is 1. The van der Waals surface area contributed by atoms with E-state index in [1.54, 1.807) is 24.5 Å². The molecule has 1 aliphatic carbocycles. The van der Waals surface area contributed by atoms with Gasteiger partial charge in [0.25, 0.3) is 5.91 Å². The fourth-order valence-electron chi connectivity index (χ4n) is 3.62. The molecule has 0 aromatic carbocycles. The Morgan fingerprint density at radius 1 is 1.43 bits per heavy atom. The van der Waals surface area contributed by atoms with Crippen LogP contribution in [0.3, 0.4) is 0 Å². The van der Waals surface area contributed by atoms with Crippen molar-refractivity contribution >= 4 is 5.91 Å². The summed E-state index contributed by atoms with van der Waals surface area (Å²) in [5.41, 5.74) is 0.543. The molecule has 1 saturated heterocycles. The number of rotatable bonds is 3. The maximum absolute atomic E-state index is 12.4. The Hall–Kier alpha value is -1.46. The average Bonchev–Trinajstić information content (AvgIpc) is 2.55. The van der Waals surface area contributed by atoms with Crippen LogP contribution in [0.1, 0.15) is 36.5 Å². The van der Waals surface area contributed by atoms with Crippen LogP contribution in [0.25, 0.3) is 0 Å². The third-order valence-electron chi connectivity index (χ3n) is 5.02. The van der Waals surface area contributed by atoms with Gasteiger partial charge in [0.1, 0.15) is 0 Å². The lowest BCUT2D eigenvalue weighted by molar-refractivity contribution is -0.207. The standard InChI is InChI=1S/C16H22N2O3/c1-2-21-14-11-13(19)16(14)5-9-18(10-6-16)15(20)12-3-7-17-8-4-12/h3-4,7-8,13-14,19H,2,5-6,9-11H2,1H3/t13-,14+/m1/s1. The van der Waals surface area contributed by atoms with Crippen molar-refractivity contribution in [3.63, 3.8) is 0 Å². The quantitative estimate of drug-likeness (QED) is 0.916. The van der Waals surface area contributed by atoms with Crippen molar-refractivity contribution in [2.45, 2.75) is 38.4 Å². The molecule has 5 nitrogen and oxygen atoms in total. The van der Waals surface area contributed by atoms with Crippen molar-refractivity contribution in [2.75, 3.05) is 19.7 Å². The molecule has 1 aliphatic heterocycles. The normalized spacial score (nSPS) is 27.4. The molecule has 2 heterocycles. The molecule has 1 amide bonds. The van der Waals surface area contributed by atoms with Crippen LogP contribution in [-0.4, -0.2) is 52.8 Å². The minimum atomic E-state index is -0.285. The first-order valence-electron chi connectivity index (χ1n) is 7.66. The third-order valence-corrected chi connectivity index (χ3v) is 5.02. The van der Waals surface area contributed by atoms with Gasteiger partial charge in [0, 0.05) is 49.5 Å². The maximum atomic E-state index is 12.4. The molecule has 1 saturated carbocycles. The number of hydrogen-bond acceptors (Lipinski definition) is 4. The molecule has 1 aromatic heterocycles. The summed E-state index contributed by atoms with van der Waals surface area (Å²) in [5, 5.41) is 10.2. The monoisotopic (exact) mass is 290 g/mol. The molecule has 5 heteroatoms. The van der Waals surface area contributed by atoms with Gasteiger partial charge in [-0.15, -0.1) is 0 Å². The van der Waals surface area contributed by atoms with E-state index in [9.17, 15) is 9.90 Å². The number of piperidine rings is 1. The van der Waals surface area contributed by atoms with Crippen molar-refractivity contribution < 1.29 is 14.6 Å². The molecule has 0 unspecified atom stereocenters. The number of ether oxygens (including phenoxy) is 1. The largest absolute Gasteiger partial charge is 0.392 e. The van der Waals surface area contributed by atoms with Crippen LogP contribution in [0, 0.1) is 5.41 Å². The van der Waals surface area contributed by atoms with Crippen molar-refractivity contribution in [3.05, 3.63) is 30.1 Å². The van der Waals surface area contributed by atoms with Crippen LogP contribution in [0.4, 0.5) is 0 Å². The van der Waals surface area contributed by atoms with E-state index in [-0.39, 0.29) is 23.5 Å². The molecule has 1 aromatic rings. The lowest BCUT2D eigenvalue weighted by Gasteiger charge is -2.56. The van der Waals surface area contributed by atoms with E-state index in [1.807, 2.05) is 11.8 Å². The van der Waals surface area contributed by atoms with E-state index in [4.69, 9.17) is 4.74 Å². The zero-order valence-electron chi connectivity index (χ0n) is 12.4. The summed E-state index contributed by atoms with van der Waals surface area (Å²) in [6.45, 7) is 4.03. The van der Waals surface area contributed by atoms with Gasteiger partial charge in [-0.2, -0.15) is 0 Å². The molecule has 0 bridgehead atoms.